The molecule has 5 rings (SSSR count). The molecule has 7 nitrogen and oxygen atoms in total. The minimum Gasteiger partial charge on any atom is -0.494 e. The van der Waals surface area contributed by atoms with E-state index in [0.717, 1.165) is 22.2 Å². The number of rotatable bonds is 7. The van der Waals surface area contributed by atoms with E-state index in [9.17, 15) is 14.3 Å². The maximum Gasteiger partial charge on any atom is 0.415 e. The summed E-state index contributed by atoms with van der Waals surface area (Å²) in [5.74, 6) is 0.541. The number of hydrogen-bond donors (Lipinski definition) is 3. The van der Waals surface area contributed by atoms with Crippen LogP contribution in [0.2, 0.25) is 5.02 Å². The highest BCUT2D eigenvalue weighted by atomic mass is 35.5. The van der Waals surface area contributed by atoms with Crippen LogP contribution in [0.3, 0.4) is 0 Å². The molecule has 1 unspecified atom stereocenters. The number of aliphatic hydroxyl groups is 2. The van der Waals surface area contributed by atoms with E-state index in [1.54, 1.807) is 4.90 Å². The van der Waals surface area contributed by atoms with Crippen molar-refractivity contribution in [3.8, 4) is 5.75 Å². The molecular weight excluding hydrogens is 511 g/mol. The van der Waals surface area contributed by atoms with Gasteiger partial charge in [0.25, 0.3) is 0 Å². The second-order valence-corrected chi connectivity index (χ2v) is 10.4. The molecule has 2 heterocycles. The van der Waals surface area contributed by atoms with Gasteiger partial charge < -0.3 is 24.7 Å². The Morgan fingerprint density at radius 3 is 2.79 bits per heavy atom. The number of nitrogens with zero attached hydrogens (tertiary/aromatic N) is 1. The highest BCUT2D eigenvalue weighted by Gasteiger charge is 2.45. The summed E-state index contributed by atoms with van der Waals surface area (Å²) in [4.78, 5) is 18.8. The number of aromatic nitrogens is 1. The summed E-state index contributed by atoms with van der Waals surface area (Å²) in [7, 11) is 0. The van der Waals surface area contributed by atoms with Crippen LogP contribution in [-0.4, -0.2) is 52.1 Å². The van der Waals surface area contributed by atoms with Crippen LogP contribution in [-0.2, 0) is 11.2 Å². The van der Waals surface area contributed by atoms with Crippen LogP contribution in [0.5, 0.6) is 5.75 Å². The number of aromatic amines is 1. The molecule has 1 aliphatic heterocycles. The molecule has 1 amide bonds. The van der Waals surface area contributed by atoms with Crippen LogP contribution >= 0.6 is 11.6 Å². The lowest BCUT2D eigenvalue weighted by Gasteiger charge is -2.45. The van der Waals surface area contributed by atoms with Gasteiger partial charge in [-0.05, 0) is 73.0 Å². The van der Waals surface area contributed by atoms with Gasteiger partial charge in [-0.15, -0.1) is 0 Å². The molecule has 2 aromatic carbocycles. The number of halogens is 2. The van der Waals surface area contributed by atoms with E-state index < -0.39 is 23.4 Å². The molecule has 1 aliphatic carbocycles. The molecule has 0 radical (unpaired) electrons. The van der Waals surface area contributed by atoms with Crippen molar-refractivity contribution in [1.29, 1.82) is 0 Å². The largest absolute Gasteiger partial charge is 0.494 e. The maximum absolute atomic E-state index is 13.5. The Morgan fingerprint density at radius 1 is 1.29 bits per heavy atom. The average molecular weight is 541 g/mol. The summed E-state index contributed by atoms with van der Waals surface area (Å²) < 4.78 is 24.8. The summed E-state index contributed by atoms with van der Waals surface area (Å²) in [5, 5.41) is 20.3. The number of H-pyrrole nitrogens is 1. The van der Waals surface area contributed by atoms with E-state index in [1.165, 1.54) is 24.3 Å². The fourth-order valence-corrected chi connectivity index (χ4v) is 5.42. The third-order valence-electron chi connectivity index (χ3n) is 7.27. The molecule has 3 atom stereocenters. The first kappa shape index (κ1) is 26.3. The Bertz CT molecular complexity index is 1390. The molecule has 200 valence electrons. The Hall–Kier alpha value is -3.33. The van der Waals surface area contributed by atoms with Crippen molar-refractivity contribution < 1.29 is 28.9 Å². The molecule has 0 fully saturated rings. The van der Waals surface area contributed by atoms with Gasteiger partial charge in [-0.1, -0.05) is 24.6 Å². The first-order valence-corrected chi connectivity index (χ1v) is 13.0. The molecule has 0 spiro atoms. The minimum absolute atomic E-state index is 0.273. The quantitative estimate of drug-likeness (QED) is 0.359. The number of amides is 1. The third kappa shape index (κ3) is 5.29. The van der Waals surface area contributed by atoms with Crippen LogP contribution in [0.4, 0.5) is 9.18 Å². The fourth-order valence-electron chi connectivity index (χ4n) is 5.25. The van der Waals surface area contributed by atoms with E-state index in [-0.39, 0.29) is 25.0 Å². The average Bonchev–Trinajstić information content (AvgIpc) is 3.28. The highest BCUT2D eigenvalue weighted by molar-refractivity contribution is 6.31. The van der Waals surface area contributed by atoms with Crippen molar-refractivity contribution in [3.05, 3.63) is 88.5 Å². The Labute approximate surface area is 225 Å². The second kappa shape index (κ2) is 10.8. The van der Waals surface area contributed by atoms with Crippen LogP contribution in [0.1, 0.15) is 37.1 Å². The standard InChI is InChI=1S/C29H30ClFN2O5/c1-29(12-8-21(9-13-29)37-15-11-20(35)17-34)27-26-23(24-16-18(30)2-7-25(24)32-26)10-14-33(27)28(36)38-22-5-3-19(31)4-6-22/h2-9,12,16,20,27,32,34-35H,10-11,13-15,17H2,1H3/t20-,27+,29?/m0/s1. The summed E-state index contributed by atoms with van der Waals surface area (Å²) in [6.07, 6.45) is 6.11. The summed E-state index contributed by atoms with van der Waals surface area (Å²) >= 11 is 6.31. The van der Waals surface area contributed by atoms with E-state index in [2.05, 4.69) is 11.9 Å². The van der Waals surface area contributed by atoms with Gasteiger partial charge >= 0.3 is 6.09 Å². The van der Waals surface area contributed by atoms with Gasteiger partial charge in [-0.25, -0.2) is 9.18 Å². The molecule has 0 bridgehead atoms. The van der Waals surface area contributed by atoms with E-state index in [0.29, 0.717) is 36.6 Å². The van der Waals surface area contributed by atoms with Crippen molar-refractivity contribution in [3.63, 3.8) is 0 Å². The van der Waals surface area contributed by atoms with Gasteiger partial charge in [-0.2, -0.15) is 0 Å². The topological polar surface area (TPSA) is 95.0 Å². The van der Waals surface area contributed by atoms with E-state index in [4.69, 9.17) is 26.2 Å². The van der Waals surface area contributed by atoms with Gasteiger partial charge in [0.2, 0.25) is 0 Å². The zero-order chi connectivity index (χ0) is 26.9. The number of ether oxygens (including phenoxy) is 2. The minimum atomic E-state index is -0.815. The SMILES string of the molecule is CC1([C@H]2c3[nH]c4ccc(Cl)cc4c3CCN2C(=O)Oc2ccc(F)cc2)C=CC(OCC[C@H](O)CO)=CC1. The number of allylic oxidation sites excluding steroid dienone is 2. The van der Waals surface area contributed by atoms with Gasteiger partial charge in [0.05, 0.1) is 25.4 Å². The monoisotopic (exact) mass is 540 g/mol. The zero-order valence-corrected chi connectivity index (χ0v) is 21.7. The number of carbonyl (C=O) groups excluding carboxylic acids is 1. The van der Waals surface area contributed by atoms with Crippen LogP contribution in [0, 0.1) is 11.2 Å². The first-order valence-electron chi connectivity index (χ1n) is 12.6. The van der Waals surface area contributed by atoms with E-state index >= 15 is 0 Å². The molecule has 0 saturated heterocycles. The maximum atomic E-state index is 13.5. The predicted octanol–water partition coefficient (Wildman–Crippen LogP) is 5.67. The number of carbonyl (C=O) groups is 1. The van der Waals surface area contributed by atoms with Crippen molar-refractivity contribution >= 4 is 28.6 Å². The van der Waals surface area contributed by atoms with Gasteiger partial charge in [0, 0.05) is 40.0 Å². The van der Waals surface area contributed by atoms with Crippen molar-refractivity contribution in [2.75, 3.05) is 19.8 Å². The summed E-state index contributed by atoms with van der Waals surface area (Å²) in [6, 6.07) is 10.7. The molecule has 3 N–H and O–H groups in total. The Morgan fingerprint density at radius 2 is 2.08 bits per heavy atom. The lowest BCUT2D eigenvalue weighted by Crippen LogP contribution is -2.48. The van der Waals surface area contributed by atoms with Gasteiger partial charge in [0.15, 0.2) is 0 Å². The third-order valence-corrected chi connectivity index (χ3v) is 7.50. The van der Waals surface area contributed by atoms with Crippen LogP contribution < -0.4 is 4.74 Å². The molecule has 0 saturated carbocycles. The zero-order valence-electron chi connectivity index (χ0n) is 21.0. The number of aliphatic hydroxyl groups excluding tert-OH is 2. The van der Waals surface area contributed by atoms with Crippen LogP contribution in [0.25, 0.3) is 10.9 Å². The van der Waals surface area contributed by atoms with E-state index in [1.807, 2.05) is 36.4 Å². The van der Waals surface area contributed by atoms with Crippen molar-refractivity contribution in [1.82, 2.24) is 9.88 Å². The molecular formula is C29H30ClFN2O5. The first-order chi connectivity index (χ1) is 18.3. The highest BCUT2D eigenvalue weighted by Crippen LogP contribution is 2.49. The Kier molecular flexibility index (Phi) is 7.47. The summed E-state index contributed by atoms with van der Waals surface area (Å²) in [5.41, 5.74) is 2.50. The number of nitrogens with one attached hydrogen (secondary N) is 1. The normalized spacial score (nSPS) is 21.7. The number of hydrogen-bond acceptors (Lipinski definition) is 5. The van der Waals surface area contributed by atoms with Crippen molar-refractivity contribution in [2.24, 2.45) is 5.41 Å². The van der Waals surface area contributed by atoms with Gasteiger partial charge in [-0.3, -0.25) is 4.90 Å². The molecule has 1 aromatic heterocycles. The molecule has 2 aliphatic rings. The van der Waals surface area contributed by atoms with Gasteiger partial charge in [0.1, 0.15) is 17.3 Å². The Balaban J connectivity index is 1.45. The lowest BCUT2D eigenvalue weighted by molar-refractivity contribution is 0.0644. The summed E-state index contributed by atoms with van der Waals surface area (Å²) in [6.45, 7) is 2.50. The van der Waals surface area contributed by atoms with Crippen molar-refractivity contribution in [2.45, 2.75) is 38.3 Å². The lowest BCUT2D eigenvalue weighted by atomic mass is 9.72. The fraction of sp³-hybridized carbons (Fsp3) is 0.345. The van der Waals surface area contributed by atoms with Crippen LogP contribution in [0.15, 0.2) is 66.5 Å². The molecule has 38 heavy (non-hydrogen) atoms. The number of benzene rings is 2. The second-order valence-electron chi connectivity index (χ2n) is 10.00. The molecule has 3 aromatic rings. The smallest absolute Gasteiger partial charge is 0.415 e. The predicted molar refractivity (Wildman–Crippen MR) is 142 cm³/mol. The molecule has 9 heteroatoms. The number of fused-ring (bicyclic) bond motifs is 3.